The van der Waals surface area contributed by atoms with Crippen LogP contribution in [0.2, 0.25) is 0 Å². The molecule has 4 rings (SSSR count). The van der Waals surface area contributed by atoms with Crippen LogP contribution >= 0.6 is 0 Å². The molecule has 0 aliphatic carbocycles. The number of aromatic nitrogens is 1. The Morgan fingerprint density at radius 1 is 1.11 bits per heavy atom. The SMILES string of the molecule is CC(C)(C)OC(=O)N1CCc2[nH]c3ccc(-c4ccc(F)cc4)cc3c2C1. The number of hydrogen-bond donors (Lipinski definition) is 1. The number of carbonyl (C=O) groups is 1. The predicted octanol–water partition coefficient (Wildman–Crippen LogP) is 5.27. The molecule has 1 N–H and O–H groups in total. The van der Waals surface area contributed by atoms with Crippen molar-refractivity contribution < 1.29 is 13.9 Å². The van der Waals surface area contributed by atoms with Gasteiger partial charge in [-0.25, -0.2) is 9.18 Å². The van der Waals surface area contributed by atoms with Crippen LogP contribution in [0.5, 0.6) is 0 Å². The van der Waals surface area contributed by atoms with E-state index in [0.29, 0.717) is 13.1 Å². The highest BCUT2D eigenvalue weighted by Crippen LogP contribution is 2.32. The molecule has 0 fully saturated rings. The first-order valence-electron chi connectivity index (χ1n) is 9.17. The molecule has 3 aromatic rings. The van der Waals surface area contributed by atoms with Crippen molar-refractivity contribution in [1.29, 1.82) is 0 Å². The number of hydrogen-bond acceptors (Lipinski definition) is 2. The Morgan fingerprint density at radius 3 is 2.52 bits per heavy atom. The van der Waals surface area contributed by atoms with Crippen molar-refractivity contribution in [1.82, 2.24) is 9.88 Å². The first kappa shape index (κ1) is 17.6. The third-order valence-corrected chi connectivity index (χ3v) is 4.80. The maximum atomic E-state index is 13.2. The third kappa shape index (κ3) is 3.54. The number of H-pyrrole nitrogens is 1. The fourth-order valence-electron chi connectivity index (χ4n) is 3.52. The van der Waals surface area contributed by atoms with Crippen molar-refractivity contribution >= 4 is 17.0 Å². The van der Waals surface area contributed by atoms with E-state index in [1.165, 1.54) is 17.8 Å². The summed E-state index contributed by atoms with van der Waals surface area (Å²) in [5.74, 6) is -0.244. The number of amides is 1. The van der Waals surface area contributed by atoms with Crippen molar-refractivity contribution in [2.24, 2.45) is 0 Å². The zero-order chi connectivity index (χ0) is 19.2. The molecule has 2 heterocycles. The van der Waals surface area contributed by atoms with Gasteiger partial charge in [-0.05, 0) is 56.2 Å². The molecule has 0 saturated carbocycles. The molecule has 1 aromatic heterocycles. The van der Waals surface area contributed by atoms with E-state index in [2.05, 4.69) is 11.1 Å². The molecule has 4 nitrogen and oxygen atoms in total. The van der Waals surface area contributed by atoms with E-state index >= 15 is 0 Å². The summed E-state index contributed by atoms with van der Waals surface area (Å²) in [6.07, 6.45) is 0.493. The van der Waals surface area contributed by atoms with Gasteiger partial charge in [0.2, 0.25) is 0 Å². The molecular weight excluding hydrogens is 343 g/mol. The fourth-order valence-corrected chi connectivity index (χ4v) is 3.52. The van der Waals surface area contributed by atoms with E-state index in [4.69, 9.17) is 4.74 Å². The van der Waals surface area contributed by atoms with Gasteiger partial charge in [0.15, 0.2) is 0 Å². The number of benzene rings is 2. The molecule has 0 bridgehead atoms. The monoisotopic (exact) mass is 366 g/mol. The maximum Gasteiger partial charge on any atom is 0.410 e. The minimum absolute atomic E-state index is 0.244. The number of aromatic amines is 1. The number of fused-ring (bicyclic) bond motifs is 3. The second kappa shape index (κ2) is 6.41. The van der Waals surface area contributed by atoms with E-state index in [-0.39, 0.29) is 11.9 Å². The van der Waals surface area contributed by atoms with Gasteiger partial charge in [0, 0.05) is 35.1 Å². The Labute approximate surface area is 157 Å². The van der Waals surface area contributed by atoms with Crippen LogP contribution in [0.3, 0.4) is 0 Å². The van der Waals surface area contributed by atoms with E-state index in [9.17, 15) is 9.18 Å². The second-order valence-electron chi connectivity index (χ2n) is 8.00. The van der Waals surface area contributed by atoms with Crippen LogP contribution < -0.4 is 0 Å². The van der Waals surface area contributed by atoms with Gasteiger partial charge in [-0.2, -0.15) is 0 Å². The highest BCUT2D eigenvalue weighted by Gasteiger charge is 2.27. The zero-order valence-electron chi connectivity index (χ0n) is 15.8. The lowest BCUT2D eigenvalue weighted by molar-refractivity contribution is 0.0224. The third-order valence-electron chi connectivity index (χ3n) is 4.80. The highest BCUT2D eigenvalue weighted by atomic mass is 19.1. The standard InChI is InChI=1S/C22H23FN2O2/c1-22(2,3)27-21(26)25-11-10-20-18(13-25)17-12-15(6-9-19(17)24-20)14-4-7-16(23)8-5-14/h4-9,12,24H,10-11,13H2,1-3H3. The average molecular weight is 366 g/mol. The van der Waals surface area contributed by atoms with Crippen molar-refractivity contribution in [2.45, 2.75) is 39.3 Å². The summed E-state index contributed by atoms with van der Waals surface area (Å²) in [4.78, 5) is 17.7. The fraction of sp³-hybridized carbons (Fsp3) is 0.318. The van der Waals surface area contributed by atoms with Crippen LogP contribution in [0.15, 0.2) is 42.5 Å². The molecule has 0 unspecified atom stereocenters. The minimum Gasteiger partial charge on any atom is -0.444 e. The van der Waals surface area contributed by atoms with E-state index in [0.717, 1.165) is 34.0 Å². The summed E-state index contributed by atoms with van der Waals surface area (Å²) in [7, 11) is 0. The predicted molar refractivity (Wildman–Crippen MR) is 104 cm³/mol. The van der Waals surface area contributed by atoms with Gasteiger partial charge in [0.25, 0.3) is 0 Å². The lowest BCUT2D eigenvalue weighted by Crippen LogP contribution is -2.39. The smallest absolute Gasteiger partial charge is 0.410 e. The summed E-state index contributed by atoms with van der Waals surface area (Å²) in [5.41, 5.74) is 4.84. The molecule has 0 saturated heterocycles. The minimum atomic E-state index is -0.507. The largest absolute Gasteiger partial charge is 0.444 e. The molecule has 0 atom stereocenters. The molecule has 0 spiro atoms. The summed E-state index contributed by atoms with van der Waals surface area (Å²) in [6, 6.07) is 12.7. The van der Waals surface area contributed by atoms with Crippen LogP contribution in [0.4, 0.5) is 9.18 Å². The maximum absolute atomic E-state index is 13.2. The van der Waals surface area contributed by atoms with Crippen molar-refractivity contribution in [3.05, 3.63) is 59.5 Å². The Morgan fingerprint density at radius 2 is 1.81 bits per heavy atom. The van der Waals surface area contributed by atoms with Crippen LogP contribution in [-0.4, -0.2) is 28.1 Å². The van der Waals surface area contributed by atoms with Gasteiger partial charge >= 0.3 is 6.09 Å². The topological polar surface area (TPSA) is 45.3 Å². The molecule has 0 radical (unpaired) electrons. The van der Waals surface area contributed by atoms with Crippen LogP contribution in [-0.2, 0) is 17.7 Å². The molecule has 2 aromatic carbocycles. The lowest BCUT2D eigenvalue weighted by atomic mass is 10.00. The van der Waals surface area contributed by atoms with Crippen LogP contribution in [0, 0.1) is 5.82 Å². The number of halogens is 1. The first-order valence-corrected chi connectivity index (χ1v) is 9.17. The number of nitrogens with zero attached hydrogens (tertiary/aromatic N) is 1. The molecule has 1 aliphatic rings. The Kier molecular flexibility index (Phi) is 4.17. The van der Waals surface area contributed by atoms with Gasteiger partial charge in [-0.1, -0.05) is 18.2 Å². The van der Waals surface area contributed by atoms with Gasteiger partial charge in [-0.15, -0.1) is 0 Å². The van der Waals surface area contributed by atoms with E-state index < -0.39 is 5.60 Å². The Balaban J connectivity index is 1.67. The quantitative estimate of drug-likeness (QED) is 0.638. The summed E-state index contributed by atoms with van der Waals surface area (Å²) < 4.78 is 18.7. The Hall–Kier alpha value is -2.82. The van der Waals surface area contributed by atoms with Gasteiger partial charge < -0.3 is 14.6 Å². The Bertz CT molecular complexity index is 1000. The van der Waals surface area contributed by atoms with Gasteiger partial charge in [-0.3, -0.25) is 0 Å². The molecule has 1 amide bonds. The van der Waals surface area contributed by atoms with Crippen molar-refractivity contribution in [3.8, 4) is 11.1 Å². The number of carbonyl (C=O) groups excluding carboxylic acids is 1. The zero-order valence-corrected chi connectivity index (χ0v) is 15.8. The van der Waals surface area contributed by atoms with Crippen molar-refractivity contribution in [2.75, 3.05) is 6.54 Å². The number of ether oxygens (including phenoxy) is 1. The summed E-state index contributed by atoms with van der Waals surface area (Å²) in [5, 5.41) is 1.10. The van der Waals surface area contributed by atoms with Gasteiger partial charge in [0.05, 0.1) is 6.54 Å². The molecule has 1 aliphatic heterocycles. The van der Waals surface area contributed by atoms with Crippen LogP contribution in [0.1, 0.15) is 32.0 Å². The molecule has 27 heavy (non-hydrogen) atoms. The lowest BCUT2D eigenvalue weighted by Gasteiger charge is -2.30. The molecular formula is C22H23FN2O2. The van der Waals surface area contributed by atoms with Crippen molar-refractivity contribution in [3.63, 3.8) is 0 Å². The molecule has 5 heteroatoms. The normalized spacial score (nSPS) is 14.3. The van der Waals surface area contributed by atoms with Crippen LogP contribution in [0.25, 0.3) is 22.0 Å². The highest BCUT2D eigenvalue weighted by molar-refractivity contribution is 5.89. The van der Waals surface area contributed by atoms with E-state index in [1.807, 2.05) is 32.9 Å². The summed E-state index contributed by atoms with van der Waals surface area (Å²) in [6.45, 7) is 6.79. The number of nitrogens with one attached hydrogen (secondary N) is 1. The van der Waals surface area contributed by atoms with E-state index in [1.54, 1.807) is 17.0 Å². The first-order chi connectivity index (χ1) is 12.8. The average Bonchev–Trinajstić information content (AvgIpc) is 2.98. The molecule has 140 valence electrons. The van der Waals surface area contributed by atoms with Gasteiger partial charge in [0.1, 0.15) is 11.4 Å². The number of rotatable bonds is 1. The second-order valence-corrected chi connectivity index (χ2v) is 8.00. The summed E-state index contributed by atoms with van der Waals surface area (Å²) >= 11 is 0.